The summed E-state index contributed by atoms with van der Waals surface area (Å²) in [6.45, 7) is 6.84. The molecule has 2 fully saturated rings. The molecule has 2 unspecified atom stereocenters. The van der Waals surface area contributed by atoms with Gasteiger partial charge in [-0.3, -0.25) is 23.5 Å². The van der Waals surface area contributed by atoms with Gasteiger partial charge in [-0.1, -0.05) is 91.0 Å². The van der Waals surface area contributed by atoms with E-state index in [-0.39, 0.29) is 54.6 Å². The Morgan fingerprint density at radius 3 is 1.88 bits per heavy atom. The molecule has 0 saturated carbocycles. The summed E-state index contributed by atoms with van der Waals surface area (Å²) >= 11 is 0. The largest absolute Gasteiger partial charge is 0.497 e. The van der Waals surface area contributed by atoms with E-state index in [1.807, 2.05) is 82.3 Å². The number of benzene rings is 5. The number of hydrogen-bond donors (Lipinski definition) is 4. The second kappa shape index (κ2) is 29.4. The van der Waals surface area contributed by atoms with Gasteiger partial charge < -0.3 is 53.8 Å². The second-order valence-electron chi connectivity index (χ2n) is 22.4. The van der Waals surface area contributed by atoms with E-state index in [9.17, 15) is 29.3 Å². The van der Waals surface area contributed by atoms with Gasteiger partial charge in [-0.2, -0.15) is 10.2 Å². The predicted molar refractivity (Wildman–Crippen MR) is 335 cm³/mol. The molecule has 3 aromatic heterocycles. The Balaban J connectivity index is 0.970. The number of amides is 3. The van der Waals surface area contributed by atoms with Gasteiger partial charge in [0.2, 0.25) is 5.91 Å². The molecule has 2 saturated heterocycles. The van der Waals surface area contributed by atoms with Gasteiger partial charge in [-0.25, -0.2) is 28.8 Å². The van der Waals surface area contributed by atoms with Crippen LogP contribution >= 0.6 is 8.53 Å². The van der Waals surface area contributed by atoms with Crippen LogP contribution in [0.15, 0.2) is 169 Å². The molecule has 0 spiro atoms. The Hall–Kier alpha value is -8.89. The van der Waals surface area contributed by atoms with Crippen molar-refractivity contribution in [3.63, 3.8) is 0 Å². The van der Waals surface area contributed by atoms with Gasteiger partial charge in [-0.05, 0) is 99.0 Å². The number of halogens is 1. The first kappa shape index (κ1) is 65.1. The molecule has 10 rings (SSSR count). The number of nitrogens with one attached hydrogen (secondary N) is 3. The van der Waals surface area contributed by atoms with Crippen LogP contribution in [0.1, 0.15) is 84.0 Å². The maximum absolute atomic E-state index is 17.9. The highest BCUT2D eigenvalue weighted by atomic mass is 31.2. The lowest BCUT2D eigenvalue weighted by atomic mass is 9.80. The SMILES string of the molecule is COc1ccc(C(OC[C@H]2O[C@@H](n3ccc(NC(=O)c4ccccc4)nc3=O)[C@H](F)[C@@H]2CC(=O)NC[C@@H]2O[C@@H](n3cnc4c(NC(=O)c5ccccc5)ncnc43)[C@H](OC)[C@@H]2C(C#N)COP(O)N(C(C)C)C(C)C)(c2ccccc2)c2ccc(OC)cc2)cc1. The second-order valence-corrected chi connectivity index (χ2v) is 23.6. The number of carbonyl (C=O) groups is 3. The molecular formula is C66H71FN11O12P. The van der Waals surface area contributed by atoms with E-state index in [2.05, 4.69) is 42.0 Å². The number of hydrogen-bond acceptors (Lipinski definition) is 18. The molecule has 0 aliphatic carbocycles. The van der Waals surface area contributed by atoms with Crippen LogP contribution in [0.2, 0.25) is 0 Å². The fourth-order valence-electron chi connectivity index (χ4n) is 11.9. The van der Waals surface area contributed by atoms with Crippen molar-refractivity contribution in [3.8, 4) is 17.6 Å². The Labute approximate surface area is 526 Å². The number of rotatable bonds is 26. The molecule has 10 atom stereocenters. The highest BCUT2D eigenvalue weighted by Gasteiger charge is 2.52. The van der Waals surface area contributed by atoms with Crippen molar-refractivity contribution < 1.29 is 56.6 Å². The first-order valence-corrected chi connectivity index (χ1v) is 30.8. The minimum Gasteiger partial charge on any atom is -0.497 e. The Morgan fingerprint density at radius 2 is 1.32 bits per heavy atom. The number of alkyl halides is 1. The van der Waals surface area contributed by atoms with Crippen LogP contribution in [0.3, 0.4) is 0 Å². The number of imidazole rings is 1. The third-order valence-electron chi connectivity index (χ3n) is 16.2. The number of ether oxygens (including phenoxy) is 6. The summed E-state index contributed by atoms with van der Waals surface area (Å²) in [5.41, 5.74) is 0.845. The van der Waals surface area contributed by atoms with Gasteiger partial charge in [0.05, 0.1) is 58.0 Å². The number of aromatic nitrogens is 6. The smallest absolute Gasteiger partial charge is 0.351 e. The normalized spacial score (nSPS) is 20.5. The van der Waals surface area contributed by atoms with Crippen LogP contribution in [0.5, 0.6) is 11.5 Å². The standard InChI is InChI=1S/C66H71FN11O12P/c1-40(2)78(41(3)4)91(83)88-36-44(34-68)55-51(89-64(58(55)86-7)77-39-72-57-59(70-38-71-60(57)77)75-62(81)43-19-13-9-14-20-43)35-69-54(79)33-50-52(90-63(56(50)67)76-32-31-53(74-65(76)82)73-61(80)42-17-11-8-12-18-42)37-87-66(45-21-15-10-16-22-45,46-23-27-48(84-5)28-24-46)47-25-29-49(85-6)30-26-47/h8-32,38-41,44,50-52,55-56,58,63-64,83H,33,35-37H2,1-7H3,(H,69,79)(H,70,71,75,81)(H,73,74,80,82)/t44?,50-,51+,52-,55-,56-,58-,63-,64-,91?/m1/s1. The lowest BCUT2D eigenvalue weighted by molar-refractivity contribution is -0.124. The van der Waals surface area contributed by atoms with E-state index in [0.717, 1.165) is 4.57 Å². The van der Waals surface area contributed by atoms with Gasteiger partial charge >= 0.3 is 5.69 Å². The van der Waals surface area contributed by atoms with Gasteiger partial charge in [0.25, 0.3) is 20.3 Å². The zero-order valence-corrected chi connectivity index (χ0v) is 52.0. The van der Waals surface area contributed by atoms with E-state index in [1.54, 1.807) is 108 Å². The number of nitrogens with zero attached hydrogens (tertiary/aromatic N) is 8. The summed E-state index contributed by atoms with van der Waals surface area (Å²) in [6.07, 6.45) is -4.47. The fourth-order valence-corrected chi connectivity index (χ4v) is 13.1. The van der Waals surface area contributed by atoms with Crippen LogP contribution in [0.4, 0.5) is 16.0 Å². The van der Waals surface area contributed by atoms with E-state index in [1.165, 1.54) is 32.0 Å². The fraction of sp³-hybridized carbons (Fsp3) is 0.348. The predicted octanol–water partition coefficient (Wildman–Crippen LogP) is 8.99. The van der Waals surface area contributed by atoms with Crippen molar-refractivity contribution >= 4 is 49.0 Å². The molecule has 91 heavy (non-hydrogen) atoms. The minimum atomic E-state index is -2.18. The van der Waals surface area contributed by atoms with Gasteiger partial charge in [0.1, 0.15) is 35.3 Å². The number of anilines is 2. The number of fused-ring (bicyclic) bond motifs is 1. The molecule has 2 aliphatic rings. The van der Waals surface area contributed by atoms with Crippen molar-refractivity contribution in [1.29, 1.82) is 5.26 Å². The van der Waals surface area contributed by atoms with E-state index in [0.29, 0.717) is 39.3 Å². The molecule has 25 heteroatoms. The monoisotopic (exact) mass is 1260 g/mol. The highest BCUT2D eigenvalue weighted by molar-refractivity contribution is 7.43. The van der Waals surface area contributed by atoms with E-state index < -0.39 is 98.7 Å². The number of nitriles is 1. The van der Waals surface area contributed by atoms with Gasteiger partial charge in [-0.15, -0.1) is 0 Å². The van der Waals surface area contributed by atoms with Crippen LogP contribution in [0.25, 0.3) is 11.2 Å². The maximum Gasteiger partial charge on any atom is 0.351 e. The molecule has 0 radical (unpaired) electrons. The first-order chi connectivity index (χ1) is 44.1. The van der Waals surface area contributed by atoms with Gasteiger partial charge in [0, 0.05) is 61.3 Å². The molecule has 5 heterocycles. The third kappa shape index (κ3) is 14.2. The van der Waals surface area contributed by atoms with Crippen molar-refractivity contribution in [1.82, 2.24) is 39.1 Å². The summed E-state index contributed by atoms with van der Waals surface area (Å²) < 4.78 is 66.4. The van der Waals surface area contributed by atoms with Gasteiger partial charge in [0.15, 0.2) is 35.6 Å². The van der Waals surface area contributed by atoms with Crippen molar-refractivity contribution in [2.45, 2.75) is 88.7 Å². The van der Waals surface area contributed by atoms with Crippen molar-refractivity contribution in [2.75, 3.05) is 51.7 Å². The molecule has 23 nitrogen and oxygen atoms in total. The summed E-state index contributed by atoms with van der Waals surface area (Å²) in [6, 6.07) is 44.5. The molecule has 3 amide bonds. The highest BCUT2D eigenvalue weighted by Crippen LogP contribution is 2.47. The molecular weight excluding hydrogens is 1190 g/mol. The molecule has 4 N–H and O–H groups in total. The average Bonchev–Trinajstić information content (AvgIpc) is 1.68. The number of methoxy groups -OCH3 is 3. The van der Waals surface area contributed by atoms with Crippen molar-refractivity contribution in [2.24, 2.45) is 17.8 Å². The molecule has 2 aliphatic heterocycles. The van der Waals surface area contributed by atoms with E-state index in [4.69, 9.17) is 32.9 Å². The lowest BCUT2D eigenvalue weighted by Crippen LogP contribution is -2.43. The average molecular weight is 1260 g/mol. The zero-order valence-electron chi connectivity index (χ0n) is 51.1. The molecule has 8 aromatic rings. The molecule has 0 bridgehead atoms. The van der Waals surface area contributed by atoms with Crippen molar-refractivity contribution in [3.05, 3.63) is 203 Å². The third-order valence-corrected chi connectivity index (χ3v) is 17.9. The molecule has 474 valence electrons. The summed E-state index contributed by atoms with van der Waals surface area (Å²) in [4.78, 5) is 84.2. The Bertz CT molecular complexity index is 3810. The number of carbonyl (C=O) groups excluding carboxylic acids is 3. The van der Waals surface area contributed by atoms with Crippen LogP contribution in [-0.4, -0.2) is 134 Å². The minimum absolute atomic E-state index is 0.0849. The first-order valence-electron chi connectivity index (χ1n) is 29.6. The quantitative estimate of drug-likeness (QED) is 0.0291. The summed E-state index contributed by atoms with van der Waals surface area (Å²) in [5, 5.41) is 19.4. The Kier molecular flexibility index (Phi) is 21.0. The maximum atomic E-state index is 17.9. The van der Waals surface area contributed by atoms with Crippen LogP contribution < -0.4 is 31.1 Å². The van der Waals surface area contributed by atoms with Crippen LogP contribution in [-0.2, 0) is 33.9 Å². The zero-order chi connectivity index (χ0) is 64.3. The lowest BCUT2D eigenvalue weighted by Gasteiger charge is -2.37. The molecule has 5 aromatic carbocycles. The topological polar surface area (TPSA) is 278 Å². The Morgan fingerprint density at radius 1 is 0.747 bits per heavy atom. The summed E-state index contributed by atoms with van der Waals surface area (Å²) in [7, 11) is 2.39. The van der Waals surface area contributed by atoms with E-state index >= 15 is 4.39 Å². The van der Waals surface area contributed by atoms with Crippen LogP contribution in [0, 0.1) is 29.1 Å². The summed E-state index contributed by atoms with van der Waals surface area (Å²) in [5.74, 6) is -3.59.